The third-order valence-electron chi connectivity index (χ3n) is 1.74. The van der Waals surface area contributed by atoms with Crippen LogP contribution in [-0.2, 0) is 12.0 Å². The first-order chi connectivity index (χ1) is 5.45. The lowest BCUT2D eigenvalue weighted by Crippen LogP contribution is -2.15. The molecule has 12 heavy (non-hydrogen) atoms. The fourth-order valence-electron chi connectivity index (χ4n) is 1.02. The van der Waals surface area contributed by atoms with Crippen molar-refractivity contribution in [2.75, 3.05) is 0 Å². The maximum absolute atomic E-state index is 9.57. The minimum Gasteiger partial charge on any atom is -0.442 e. The normalized spacial score (nSPS) is 12.1. The van der Waals surface area contributed by atoms with Gasteiger partial charge in [0.1, 0.15) is 11.4 Å². The molecule has 68 valence electrons. The van der Waals surface area contributed by atoms with Gasteiger partial charge in [-0.25, -0.2) is 4.98 Å². The van der Waals surface area contributed by atoms with Gasteiger partial charge in [-0.05, 0) is 20.8 Å². The Labute approximate surface area is 72.4 Å². The van der Waals surface area contributed by atoms with Crippen molar-refractivity contribution in [3.63, 3.8) is 0 Å². The molecule has 1 N–H and O–H groups in total. The summed E-state index contributed by atoms with van der Waals surface area (Å²) in [5.74, 6) is 1.25. The predicted octanol–water partition coefficient (Wildman–Crippen LogP) is 1.77. The quantitative estimate of drug-likeness (QED) is 0.734. The summed E-state index contributed by atoms with van der Waals surface area (Å²) in [5, 5.41) is 9.57. The molecule has 0 amide bonds. The highest BCUT2D eigenvalue weighted by Gasteiger charge is 2.23. The van der Waals surface area contributed by atoms with Crippen molar-refractivity contribution in [2.24, 2.45) is 0 Å². The molecule has 0 saturated heterocycles. The van der Waals surface area contributed by atoms with Crippen molar-refractivity contribution in [1.82, 2.24) is 4.98 Å². The van der Waals surface area contributed by atoms with Gasteiger partial charge in [0.05, 0.1) is 5.69 Å². The van der Waals surface area contributed by atoms with Crippen LogP contribution in [0.5, 0.6) is 0 Å². The van der Waals surface area contributed by atoms with E-state index in [9.17, 15) is 5.11 Å². The van der Waals surface area contributed by atoms with Crippen LogP contribution in [-0.4, -0.2) is 10.1 Å². The van der Waals surface area contributed by atoms with E-state index in [0.717, 1.165) is 17.9 Å². The maximum atomic E-state index is 9.57. The molecule has 0 aliphatic rings. The van der Waals surface area contributed by atoms with E-state index in [1.54, 1.807) is 13.8 Å². The van der Waals surface area contributed by atoms with Crippen molar-refractivity contribution in [3.05, 3.63) is 17.3 Å². The van der Waals surface area contributed by atoms with Gasteiger partial charge in [-0.2, -0.15) is 0 Å². The molecule has 0 spiro atoms. The number of aromatic nitrogens is 1. The van der Waals surface area contributed by atoms with Gasteiger partial charge in [-0.15, -0.1) is 0 Å². The lowest BCUT2D eigenvalue weighted by molar-refractivity contribution is 0.0472. The molecule has 1 heterocycles. The van der Waals surface area contributed by atoms with E-state index in [1.807, 2.05) is 13.8 Å². The molecule has 1 rings (SSSR count). The van der Waals surface area contributed by atoms with Crippen LogP contribution in [0.2, 0.25) is 0 Å². The molecule has 3 nitrogen and oxygen atoms in total. The molecular formula is C9H15NO2. The monoisotopic (exact) mass is 169 g/mol. The van der Waals surface area contributed by atoms with E-state index in [4.69, 9.17) is 4.42 Å². The second-order valence-corrected chi connectivity index (χ2v) is 3.44. The topological polar surface area (TPSA) is 46.3 Å². The van der Waals surface area contributed by atoms with Gasteiger partial charge in [-0.3, -0.25) is 0 Å². The standard InChI is InChI=1S/C9H15NO2/c1-5-7-6(2)10-8(12-7)9(3,4)11/h11H,5H2,1-4H3. The highest BCUT2D eigenvalue weighted by atomic mass is 16.4. The van der Waals surface area contributed by atoms with E-state index < -0.39 is 5.60 Å². The van der Waals surface area contributed by atoms with Crippen molar-refractivity contribution >= 4 is 0 Å². The molecule has 0 bridgehead atoms. The van der Waals surface area contributed by atoms with E-state index in [1.165, 1.54) is 0 Å². The Hall–Kier alpha value is -0.830. The van der Waals surface area contributed by atoms with Gasteiger partial charge < -0.3 is 9.52 Å². The van der Waals surface area contributed by atoms with Gasteiger partial charge in [0.15, 0.2) is 0 Å². The Morgan fingerprint density at radius 2 is 2.08 bits per heavy atom. The maximum Gasteiger partial charge on any atom is 0.226 e. The van der Waals surface area contributed by atoms with Crippen LogP contribution in [0, 0.1) is 6.92 Å². The first kappa shape index (κ1) is 9.26. The van der Waals surface area contributed by atoms with Crippen LogP contribution in [0.25, 0.3) is 0 Å². The Kier molecular flexibility index (Phi) is 2.24. The average molecular weight is 169 g/mol. The van der Waals surface area contributed by atoms with Crippen molar-refractivity contribution in [1.29, 1.82) is 0 Å². The van der Waals surface area contributed by atoms with Crippen LogP contribution < -0.4 is 0 Å². The van der Waals surface area contributed by atoms with E-state index >= 15 is 0 Å². The third-order valence-corrected chi connectivity index (χ3v) is 1.74. The number of aryl methyl sites for hydroxylation is 2. The largest absolute Gasteiger partial charge is 0.442 e. The van der Waals surface area contributed by atoms with Gasteiger partial charge in [0.25, 0.3) is 0 Å². The summed E-state index contributed by atoms with van der Waals surface area (Å²) < 4.78 is 5.37. The first-order valence-corrected chi connectivity index (χ1v) is 4.14. The molecule has 1 aromatic heterocycles. The zero-order valence-electron chi connectivity index (χ0n) is 8.01. The summed E-state index contributed by atoms with van der Waals surface area (Å²) in [5.41, 5.74) is -0.104. The smallest absolute Gasteiger partial charge is 0.226 e. The molecule has 0 aromatic carbocycles. The molecule has 0 unspecified atom stereocenters. The summed E-state index contributed by atoms with van der Waals surface area (Å²) in [6.45, 7) is 7.22. The van der Waals surface area contributed by atoms with Crippen LogP contribution in [0.3, 0.4) is 0 Å². The fourth-order valence-corrected chi connectivity index (χ4v) is 1.02. The molecule has 0 radical (unpaired) electrons. The number of hydrogen-bond acceptors (Lipinski definition) is 3. The van der Waals surface area contributed by atoms with Crippen LogP contribution >= 0.6 is 0 Å². The lowest BCUT2D eigenvalue weighted by Gasteiger charge is -2.10. The predicted molar refractivity (Wildman–Crippen MR) is 45.9 cm³/mol. The fraction of sp³-hybridized carbons (Fsp3) is 0.667. The summed E-state index contributed by atoms with van der Waals surface area (Å²) >= 11 is 0. The number of hydrogen-bond donors (Lipinski definition) is 1. The summed E-state index contributed by atoms with van der Waals surface area (Å²) in [4.78, 5) is 4.14. The molecule has 0 aliphatic carbocycles. The Balaban J connectivity index is 3.05. The van der Waals surface area contributed by atoms with Crippen molar-refractivity contribution in [2.45, 2.75) is 39.7 Å². The summed E-state index contributed by atoms with van der Waals surface area (Å²) in [6, 6.07) is 0. The average Bonchev–Trinajstić information content (AvgIpc) is 2.29. The first-order valence-electron chi connectivity index (χ1n) is 4.14. The zero-order valence-corrected chi connectivity index (χ0v) is 8.01. The zero-order chi connectivity index (χ0) is 9.35. The Bertz CT molecular complexity index is 271. The molecule has 3 heteroatoms. The highest BCUT2D eigenvalue weighted by Crippen LogP contribution is 2.21. The number of aliphatic hydroxyl groups is 1. The molecule has 0 fully saturated rings. The molecule has 0 aliphatic heterocycles. The van der Waals surface area contributed by atoms with E-state index in [0.29, 0.717) is 5.89 Å². The van der Waals surface area contributed by atoms with Gasteiger partial charge >= 0.3 is 0 Å². The Morgan fingerprint density at radius 3 is 2.33 bits per heavy atom. The molecule has 0 atom stereocenters. The molecule has 1 aromatic rings. The highest BCUT2D eigenvalue weighted by molar-refractivity contribution is 5.10. The lowest BCUT2D eigenvalue weighted by atomic mass is 10.1. The minimum atomic E-state index is -0.974. The summed E-state index contributed by atoms with van der Waals surface area (Å²) in [7, 11) is 0. The van der Waals surface area contributed by atoms with Crippen molar-refractivity contribution in [3.8, 4) is 0 Å². The van der Waals surface area contributed by atoms with Crippen LogP contribution in [0.4, 0.5) is 0 Å². The number of nitrogens with zero attached hydrogens (tertiary/aromatic N) is 1. The molecule has 0 saturated carbocycles. The molecular weight excluding hydrogens is 154 g/mol. The Morgan fingerprint density at radius 1 is 1.50 bits per heavy atom. The van der Waals surface area contributed by atoms with Crippen molar-refractivity contribution < 1.29 is 9.52 Å². The number of oxazole rings is 1. The van der Waals surface area contributed by atoms with Crippen LogP contribution in [0.1, 0.15) is 38.1 Å². The SMILES string of the molecule is CCc1oc(C(C)(C)O)nc1C. The second kappa shape index (κ2) is 2.90. The number of rotatable bonds is 2. The van der Waals surface area contributed by atoms with Crippen LogP contribution in [0.15, 0.2) is 4.42 Å². The summed E-state index contributed by atoms with van der Waals surface area (Å²) in [6.07, 6.45) is 0.814. The van der Waals surface area contributed by atoms with E-state index in [-0.39, 0.29) is 0 Å². The van der Waals surface area contributed by atoms with Gasteiger partial charge in [0, 0.05) is 6.42 Å². The minimum absolute atomic E-state index is 0.400. The van der Waals surface area contributed by atoms with Gasteiger partial charge in [-0.1, -0.05) is 6.92 Å². The second-order valence-electron chi connectivity index (χ2n) is 3.44. The van der Waals surface area contributed by atoms with E-state index in [2.05, 4.69) is 4.98 Å². The third kappa shape index (κ3) is 1.67. The van der Waals surface area contributed by atoms with Gasteiger partial charge in [0.2, 0.25) is 5.89 Å².